The summed E-state index contributed by atoms with van der Waals surface area (Å²) in [7, 11) is 1.56. The van der Waals surface area contributed by atoms with Gasteiger partial charge in [0.15, 0.2) is 6.61 Å². The first-order valence-electron chi connectivity index (χ1n) is 8.38. The zero-order valence-corrected chi connectivity index (χ0v) is 16.1. The minimum absolute atomic E-state index is 0.150. The van der Waals surface area contributed by atoms with Crippen molar-refractivity contribution in [3.63, 3.8) is 0 Å². The third-order valence-electron chi connectivity index (χ3n) is 3.78. The molecule has 0 heterocycles. The number of carbonyl (C=O) groups is 2. The number of halogens is 1. The van der Waals surface area contributed by atoms with E-state index in [-0.39, 0.29) is 10.6 Å². The summed E-state index contributed by atoms with van der Waals surface area (Å²) >= 11 is 5.79. The van der Waals surface area contributed by atoms with Crippen molar-refractivity contribution in [2.75, 3.05) is 20.3 Å². The Morgan fingerprint density at radius 2 is 1.86 bits per heavy atom. The summed E-state index contributed by atoms with van der Waals surface area (Å²) in [5.74, 6) is -0.707. The van der Waals surface area contributed by atoms with Crippen LogP contribution < -0.4 is 4.74 Å². The molecule has 148 valence electrons. The Balaban J connectivity index is 1.95. The predicted octanol–water partition coefficient (Wildman–Crippen LogP) is 3.46. The standard InChI is InChI=1S/C19H19ClN2O6/c1-3-27-15-7-4-13(5-8-15)11-21(2)18(23)12-28-19(24)16-10-14(20)6-9-17(16)22(25)26/h4-10H,3,11-12H2,1-2H3. The molecule has 2 aromatic carbocycles. The average molecular weight is 407 g/mol. The molecule has 9 heteroatoms. The second-order valence-corrected chi connectivity index (χ2v) is 6.26. The molecule has 2 rings (SSSR count). The summed E-state index contributed by atoms with van der Waals surface area (Å²) in [6, 6.07) is 10.8. The highest BCUT2D eigenvalue weighted by atomic mass is 35.5. The maximum atomic E-state index is 12.2. The van der Waals surface area contributed by atoms with E-state index in [1.165, 1.54) is 11.0 Å². The molecule has 0 bridgehead atoms. The van der Waals surface area contributed by atoms with Gasteiger partial charge in [0.2, 0.25) is 0 Å². The van der Waals surface area contributed by atoms with Crippen molar-refractivity contribution in [1.29, 1.82) is 0 Å². The number of nitrogens with zero attached hydrogens (tertiary/aromatic N) is 2. The van der Waals surface area contributed by atoms with E-state index in [0.717, 1.165) is 23.4 Å². The van der Waals surface area contributed by atoms with Crippen molar-refractivity contribution < 1.29 is 24.0 Å². The lowest BCUT2D eigenvalue weighted by Gasteiger charge is -2.17. The Hall–Kier alpha value is -3.13. The number of amides is 1. The zero-order valence-electron chi connectivity index (χ0n) is 15.4. The molecule has 0 radical (unpaired) electrons. The number of nitro groups is 1. The molecule has 0 unspecified atom stereocenters. The molecule has 2 aromatic rings. The number of hydrogen-bond donors (Lipinski definition) is 0. The molecular formula is C19H19ClN2O6. The van der Waals surface area contributed by atoms with E-state index in [0.29, 0.717) is 13.2 Å². The van der Waals surface area contributed by atoms with Crippen molar-refractivity contribution in [3.8, 4) is 5.75 Å². The van der Waals surface area contributed by atoms with Crippen LogP contribution in [-0.4, -0.2) is 42.0 Å². The third kappa shape index (κ3) is 5.68. The molecule has 0 aliphatic heterocycles. The molecule has 0 saturated carbocycles. The van der Waals surface area contributed by atoms with Crippen molar-refractivity contribution in [2.24, 2.45) is 0 Å². The van der Waals surface area contributed by atoms with E-state index in [1.54, 1.807) is 19.2 Å². The summed E-state index contributed by atoms with van der Waals surface area (Å²) < 4.78 is 10.3. The van der Waals surface area contributed by atoms with E-state index in [2.05, 4.69) is 0 Å². The van der Waals surface area contributed by atoms with Crippen LogP contribution in [0.5, 0.6) is 5.75 Å². The van der Waals surface area contributed by atoms with Gasteiger partial charge in [0, 0.05) is 24.7 Å². The third-order valence-corrected chi connectivity index (χ3v) is 4.02. The molecule has 8 nitrogen and oxygen atoms in total. The van der Waals surface area contributed by atoms with Gasteiger partial charge in [-0.1, -0.05) is 23.7 Å². The van der Waals surface area contributed by atoms with E-state index >= 15 is 0 Å². The first-order valence-corrected chi connectivity index (χ1v) is 8.76. The van der Waals surface area contributed by atoms with Gasteiger partial charge in [-0.2, -0.15) is 0 Å². The van der Waals surface area contributed by atoms with Gasteiger partial charge >= 0.3 is 5.97 Å². The topological polar surface area (TPSA) is 99.0 Å². The summed E-state index contributed by atoms with van der Waals surface area (Å²) in [5, 5.41) is 11.2. The van der Waals surface area contributed by atoms with E-state index in [1.807, 2.05) is 19.1 Å². The Morgan fingerprint density at radius 1 is 1.18 bits per heavy atom. The molecule has 1 amide bonds. The number of carbonyl (C=O) groups excluding carboxylic acids is 2. The number of hydrogen-bond acceptors (Lipinski definition) is 6. The van der Waals surface area contributed by atoms with Crippen LogP contribution in [0.1, 0.15) is 22.8 Å². The monoisotopic (exact) mass is 406 g/mol. The minimum Gasteiger partial charge on any atom is -0.494 e. The fourth-order valence-corrected chi connectivity index (χ4v) is 2.54. The largest absolute Gasteiger partial charge is 0.494 e. The molecule has 0 atom stereocenters. The number of ether oxygens (including phenoxy) is 2. The predicted molar refractivity (Wildman–Crippen MR) is 102 cm³/mol. The maximum Gasteiger partial charge on any atom is 0.345 e. The first-order chi connectivity index (χ1) is 13.3. The molecule has 0 fully saturated rings. The van der Waals surface area contributed by atoms with Crippen molar-refractivity contribution in [1.82, 2.24) is 4.90 Å². The molecule has 0 N–H and O–H groups in total. The summed E-state index contributed by atoms with van der Waals surface area (Å²) in [5.41, 5.74) is 0.125. The summed E-state index contributed by atoms with van der Waals surface area (Å²) in [4.78, 5) is 36.0. The molecule has 28 heavy (non-hydrogen) atoms. The van der Waals surface area contributed by atoms with Gasteiger partial charge < -0.3 is 14.4 Å². The quantitative estimate of drug-likeness (QED) is 0.378. The van der Waals surface area contributed by atoms with Crippen LogP contribution in [0.15, 0.2) is 42.5 Å². The van der Waals surface area contributed by atoms with Gasteiger partial charge in [-0.3, -0.25) is 14.9 Å². The molecule has 0 saturated heterocycles. The molecule has 0 aliphatic carbocycles. The van der Waals surface area contributed by atoms with Crippen LogP contribution >= 0.6 is 11.6 Å². The minimum atomic E-state index is -0.989. The van der Waals surface area contributed by atoms with Crippen molar-refractivity contribution in [2.45, 2.75) is 13.5 Å². The lowest BCUT2D eigenvalue weighted by atomic mass is 10.2. The molecular weight excluding hydrogens is 388 g/mol. The molecule has 0 aromatic heterocycles. The first kappa shape index (κ1) is 21.2. The van der Waals surface area contributed by atoms with Crippen LogP contribution in [0.3, 0.4) is 0 Å². The molecule has 0 spiro atoms. The summed E-state index contributed by atoms with van der Waals surface area (Å²) in [6.45, 7) is 2.21. The van der Waals surface area contributed by atoms with Crippen molar-refractivity contribution in [3.05, 3.63) is 68.7 Å². The number of esters is 1. The second-order valence-electron chi connectivity index (χ2n) is 5.82. The Bertz CT molecular complexity index is 869. The smallest absolute Gasteiger partial charge is 0.345 e. The lowest BCUT2D eigenvalue weighted by Crippen LogP contribution is -2.30. The van der Waals surface area contributed by atoms with Gasteiger partial charge in [-0.15, -0.1) is 0 Å². The van der Waals surface area contributed by atoms with Crippen LogP contribution in [-0.2, 0) is 16.1 Å². The number of nitro benzene ring substituents is 1. The zero-order chi connectivity index (χ0) is 20.7. The van der Waals surface area contributed by atoms with Gasteiger partial charge in [-0.25, -0.2) is 4.79 Å². The Kier molecular flexibility index (Phi) is 7.34. The van der Waals surface area contributed by atoms with E-state index in [4.69, 9.17) is 21.1 Å². The van der Waals surface area contributed by atoms with Gasteiger partial charge in [0.05, 0.1) is 11.5 Å². The van der Waals surface area contributed by atoms with Crippen LogP contribution in [0, 0.1) is 10.1 Å². The van der Waals surface area contributed by atoms with E-state index in [9.17, 15) is 19.7 Å². The van der Waals surface area contributed by atoms with Gasteiger partial charge in [0.1, 0.15) is 11.3 Å². The van der Waals surface area contributed by atoms with Crippen molar-refractivity contribution >= 4 is 29.2 Å². The van der Waals surface area contributed by atoms with Crippen LogP contribution in [0.2, 0.25) is 5.02 Å². The second kappa shape index (κ2) is 9.70. The normalized spacial score (nSPS) is 10.2. The molecule has 0 aliphatic rings. The SMILES string of the molecule is CCOc1ccc(CN(C)C(=O)COC(=O)c2cc(Cl)ccc2[N+](=O)[O-])cc1. The highest BCUT2D eigenvalue weighted by Crippen LogP contribution is 2.23. The van der Waals surface area contributed by atoms with Gasteiger partial charge in [-0.05, 0) is 36.8 Å². The highest BCUT2D eigenvalue weighted by molar-refractivity contribution is 6.31. The maximum absolute atomic E-state index is 12.2. The summed E-state index contributed by atoms with van der Waals surface area (Å²) in [6.07, 6.45) is 0. The fraction of sp³-hybridized carbons (Fsp3) is 0.263. The van der Waals surface area contributed by atoms with Crippen LogP contribution in [0.25, 0.3) is 0 Å². The number of rotatable bonds is 8. The van der Waals surface area contributed by atoms with Crippen LogP contribution in [0.4, 0.5) is 5.69 Å². The Morgan fingerprint density at radius 3 is 2.46 bits per heavy atom. The highest BCUT2D eigenvalue weighted by Gasteiger charge is 2.23. The average Bonchev–Trinajstić information content (AvgIpc) is 2.67. The fourth-order valence-electron chi connectivity index (χ4n) is 2.37. The van der Waals surface area contributed by atoms with Gasteiger partial charge in [0.25, 0.3) is 11.6 Å². The van der Waals surface area contributed by atoms with E-state index < -0.39 is 29.1 Å². The number of benzene rings is 2. The Labute approximate surface area is 166 Å². The number of likely N-dealkylation sites (N-methyl/N-ethyl adjacent to an activating group) is 1. The lowest BCUT2D eigenvalue weighted by molar-refractivity contribution is -0.385.